The van der Waals surface area contributed by atoms with Gasteiger partial charge in [0.25, 0.3) is 0 Å². The molecule has 0 unspecified atom stereocenters. The highest BCUT2D eigenvalue weighted by atomic mass is 35.5. The summed E-state index contributed by atoms with van der Waals surface area (Å²) in [4.78, 5) is 2.13. The number of hydrogen-bond donors (Lipinski definition) is 1. The molecule has 0 fully saturated rings. The van der Waals surface area contributed by atoms with Crippen LogP contribution < -0.4 is 10.2 Å². The number of benzene rings is 2. The quantitative estimate of drug-likeness (QED) is 0.878. The van der Waals surface area contributed by atoms with E-state index in [0.717, 1.165) is 29.5 Å². The van der Waals surface area contributed by atoms with Gasteiger partial charge in [-0.2, -0.15) is 0 Å². The van der Waals surface area contributed by atoms with Crippen molar-refractivity contribution >= 4 is 23.0 Å². The third-order valence-electron chi connectivity index (χ3n) is 3.11. The first-order valence-electron chi connectivity index (χ1n) is 6.51. The summed E-state index contributed by atoms with van der Waals surface area (Å²) in [5.74, 6) is 0. The van der Waals surface area contributed by atoms with Gasteiger partial charge in [-0.25, -0.2) is 0 Å². The standard InChI is InChI=1S/C16H19ClN2/c1-3-18-12-13-8-7-11-15(17)16(13)19(2)14-9-5-4-6-10-14/h4-11,18H,3,12H2,1-2H3. The Morgan fingerprint density at radius 2 is 1.79 bits per heavy atom. The highest BCUT2D eigenvalue weighted by Crippen LogP contribution is 2.33. The fourth-order valence-electron chi connectivity index (χ4n) is 2.12. The van der Waals surface area contributed by atoms with Gasteiger partial charge in [0, 0.05) is 19.3 Å². The Labute approximate surface area is 120 Å². The predicted molar refractivity (Wildman–Crippen MR) is 83.3 cm³/mol. The number of halogens is 1. The van der Waals surface area contributed by atoms with Crippen LogP contribution in [0.4, 0.5) is 11.4 Å². The SMILES string of the molecule is CCNCc1cccc(Cl)c1N(C)c1ccccc1. The molecule has 0 aliphatic rings. The lowest BCUT2D eigenvalue weighted by atomic mass is 10.1. The van der Waals surface area contributed by atoms with Gasteiger partial charge < -0.3 is 10.2 Å². The smallest absolute Gasteiger partial charge is 0.0646 e. The third kappa shape index (κ3) is 3.28. The van der Waals surface area contributed by atoms with E-state index >= 15 is 0 Å². The fraction of sp³-hybridized carbons (Fsp3) is 0.250. The zero-order valence-electron chi connectivity index (χ0n) is 11.4. The normalized spacial score (nSPS) is 10.5. The molecule has 19 heavy (non-hydrogen) atoms. The molecule has 2 nitrogen and oxygen atoms in total. The second-order valence-electron chi connectivity index (χ2n) is 4.42. The summed E-state index contributed by atoms with van der Waals surface area (Å²) in [5, 5.41) is 4.13. The average molecular weight is 275 g/mol. The lowest BCUT2D eigenvalue weighted by Crippen LogP contribution is -2.17. The summed E-state index contributed by atoms with van der Waals surface area (Å²) in [6, 6.07) is 16.3. The minimum Gasteiger partial charge on any atom is -0.343 e. The molecule has 0 radical (unpaired) electrons. The Morgan fingerprint density at radius 3 is 2.47 bits per heavy atom. The highest BCUT2D eigenvalue weighted by Gasteiger charge is 2.12. The second kappa shape index (κ2) is 6.60. The van der Waals surface area contributed by atoms with Crippen LogP contribution in [0.1, 0.15) is 12.5 Å². The summed E-state index contributed by atoms with van der Waals surface area (Å²) in [5.41, 5.74) is 3.41. The molecular weight excluding hydrogens is 256 g/mol. The Kier molecular flexibility index (Phi) is 4.83. The molecule has 0 saturated heterocycles. The maximum atomic E-state index is 6.38. The highest BCUT2D eigenvalue weighted by molar-refractivity contribution is 6.33. The van der Waals surface area contributed by atoms with E-state index in [-0.39, 0.29) is 0 Å². The first-order valence-corrected chi connectivity index (χ1v) is 6.88. The summed E-state index contributed by atoms with van der Waals surface area (Å²) < 4.78 is 0. The van der Waals surface area contributed by atoms with Crippen molar-refractivity contribution < 1.29 is 0 Å². The number of anilines is 2. The van der Waals surface area contributed by atoms with Crippen LogP contribution >= 0.6 is 11.6 Å². The van der Waals surface area contributed by atoms with Crippen LogP contribution in [0, 0.1) is 0 Å². The van der Waals surface area contributed by atoms with E-state index in [1.54, 1.807) is 0 Å². The number of para-hydroxylation sites is 2. The summed E-state index contributed by atoms with van der Waals surface area (Å²) in [7, 11) is 2.05. The molecule has 100 valence electrons. The van der Waals surface area contributed by atoms with Crippen molar-refractivity contribution in [2.24, 2.45) is 0 Å². The third-order valence-corrected chi connectivity index (χ3v) is 3.42. The van der Waals surface area contributed by atoms with Gasteiger partial charge in [-0.3, -0.25) is 0 Å². The summed E-state index contributed by atoms with van der Waals surface area (Å²) in [6.45, 7) is 3.87. The Balaban J connectivity index is 2.37. The van der Waals surface area contributed by atoms with E-state index in [2.05, 4.69) is 35.3 Å². The lowest BCUT2D eigenvalue weighted by Gasteiger charge is -2.24. The Morgan fingerprint density at radius 1 is 1.05 bits per heavy atom. The number of nitrogens with zero attached hydrogens (tertiary/aromatic N) is 1. The van der Waals surface area contributed by atoms with Gasteiger partial charge in [0.2, 0.25) is 0 Å². The van der Waals surface area contributed by atoms with Crippen LogP contribution in [-0.2, 0) is 6.54 Å². The molecule has 2 rings (SSSR count). The zero-order valence-corrected chi connectivity index (χ0v) is 12.1. The van der Waals surface area contributed by atoms with Crippen LogP contribution in [0.15, 0.2) is 48.5 Å². The van der Waals surface area contributed by atoms with E-state index in [9.17, 15) is 0 Å². The van der Waals surface area contributed by atoms with Crippen molar-refractivity contribution in [3.8, 4) is 0 Å². The molecule has 0 spiro atoms. The van der Waals surface area contributed by atoms with Crippen molar-refractivity contribution in [3.05, 3.63) is 59.1 Å². The molecule has 2 aromatic carbocycles. The van der Waals surface area contributed by atoms with Crippen LogP contribution in [0.2, 0.25) is 5.02 Å². The Hall–Kier alpha value is -1.51. The van der Waals surface area contributed by atoms with Crippen molar-refractivity contribution in [3.63, 3.8) is 0 Å². The van der Waals surface area contributed by atoms with Crippen molar-refractivity contribution in [1.82, 2.24) is 5.32 Å². The number of hydrogen-bond acceptors (Lipinski definition) is 2. The van der Waals surface area contributed by atoms with E-state index in [4.69, 9.17) is 11.6 Å². The topological polar surface area (TPSA) is 15.3 Å². The van der Waals surface area contributed by atoms with Gasteiger partial charge in [-0.1, -0.05) is 48.9 Å². The van der Waals surface area contributed by atoms with Gasteiger partial charge in [-0.05, 0) is 30.3 Å². The van der Waals surface area contributed by atoms with Gasteiger partial charge >= 0.3 is 0 Å². The van der Waals surface area contributed by atoms with E-state index in [1.807, 2.05) is 37.4 Å². The number of nitrogens with one attached hydrogen (secondary N) is 1. The van der Waals surface area contributed by atoms with Crippen LogP contribution in [0.5, 0.6) is 0 Å². The molecule has 0 aliphatic carbocycles. The minimum absolute atomic E-state index is 0.779. The first-order chi connectivity index (χ1) is 9.24. The fourth-order valence-corrected chi connectivity index (χ4v) is 2.44. The largest absolute Gasteiger partial charge is 0.343 e. The molecule has 3 heteroatoms. The monoisotopic (exact) mass is 274 g/mol. The maximum absolute atomic E-state index is 6.38. The zero-order chi connectivity index (χ0) is 13.7. The number of rotatable bonds is 5. The molecule has 2 aromatic rings. The molecule has 0 aliphatic heterocycles. The van der Waals surface area contributed by atoms with E-state index < -0.39 is 0 Å². The van der Waals surface area contributed by atoms with Gasteiger partial charge in [-0.15, -0.1) is 0 Å². The van der Waals surface area contributed by atoms with Crippen LogP contribution in [0.3, 0.4) is 0 Å². The van der Waals surface area contributed by atoms with Crippen LogP contribution in [-0.4, -0.2) is 13.6 Å². The van der Waals surface area contributed by atoms with Crippen LogP contribution in [0.25, 0.3) is 0 Å². The van der Waals surface area contributed by atoms with Gasteiger partial charge in [0.05, 0.1) is 10.7 Å². The van der Waals surface area contributed by atoms with Crippen molar-refractivity contribution in [2.45, 2.75) is 13.5 Å². The minimum atomic E-state index is 0.779. The summed E-state index contributed by atoms with van der Waals surface area (Å²) >= 11 is 6.38. The average Bonchev–Trinajstić information content (AvgIpc) is 2.45. The second-order valence-corrected chi connectivity index (χ2v) is 4.83. The van der Waals surface area contributed by atoms with Crippen molar-refractivity contribution in [2.75, 3.05) is 18.5 Å². The van der Waals surface area contributed by atoms with Gasteiger partial charge in [0.15, 0.2) is 0 Å². The molecule has 0 heterocycles. The summed E-state index contributed by atoms with van der Waals surface area (Å²) in [6.07, 6.45) is 0. The molecular formula is C16H19ClN2. The molecule has 0 bridgehead atoms. The Bertz CT molecular complexity index is 526. The molecule has 1 N–H and O–H groups in total. The van der Waals surface area contributed by atoms with Crippen molar-refractivity contribution in [1.29, 1.82) is 0 Å². The predicted octanol–water partition coefficient (Wildman–Crippen LogP) is 4.22. The van der Waals surface area contributed by atoms with E-state index in [0.29, 0.717) is 0 Å². The van der Waals surface area contributed by atoms with E-state index in [1.165, 1.54) is 5.56 Å². The first kappa shape index (κ1) is 13.9. The van der Waals surface area contributed by atoms with Gasteiger partial charge in [0.1, 0.15) is 0 Å². The lowest BCUT2D eigenvalue weighted by molar-refractivity contribution is 0.726. The maximum Gasteiger partial charge on any atom is 0.0646 e. The molecule has 0 atom stereocenters. The molecule has 0 amide bonds. The molecule has 0 aromatic heterocycles. The molecule has 0 saturated carbocycles.